The minimum atomic E-state index is -0.793. The Morgan fingerprint density at radius 1 is 1.11 bits per heavy atom. The lowest BCUT2D eigenvalue weighted by Gasteiger charge is -2.36. The van der Waals surface area contributed by atoms with Crippen molar-refractivity contribution in [2.45, 2.75) is 77.8 Å². The number of anilines is 1. The molecule has 200 valence electrons. The van der Waals surface area contributed by atoms with Crippen LogP contribution in [0.15, 0.2) is 29.4 Å². The van der Waals surface area contributed by atoms with E-state index in [2.05, 4.69) is 12.2 Å². The van der Waals surface area contributed by atoms with E-state index in [1.54, 1.807) is 21.1 Å². The van der Waals surface area contributed by atoms with Crippen molar-refractivity contribution in [3.63, 3.8) is 0 Å². The predicted octanol–water partition coefficient (Wildman–Crippen LogP) is 4.38. The molecule has 0 spiro atoms. The second kappa shape index (κ2) is 12.1. The number of methoxy groups -OCH3 is 3. The maximum atomic E-state index is 13.1. The van der Waals surface area contributed by atoms with Gasteiger partial charge in [0.15, 0.2) is 17.2 Å². The van der Waals surface area contributed by atoms with Crippen LogP contribution in [-0.4, -0.2) is 61.9 Å². The second-order valence-electron chi connectivity index (χ2n) is 10.1. The molecule has 2 aliphatic rings. The van der Waals surface area contributed by atoms with Gasteiger partial charge in [-0.2, -0.15) is 0 Å². The van der Waals surface area contributed by atoms with Crippen LogP contribution in [0.5, 0.6) is 17.2 Å². The molecule has 0 saturated heterocycles. The van der Waals surface area contributed by atoms with Crippen molar-refractivity contribution in [3.05, 3.63) is 34.9 Å². The molecule has 2 aliphatic heterocycles. The van der Waals surface area contributed by atoms with E-state index in [1.807, 2.05) is 26.0 Å². The summed E-state index contributed by atoms with van der Waals surface area (Å²) >= 11 is 0. The number of carbonyl (C=O) groups excluding carboxylic acids is 1. The van der Waals surface area contributed by atoms with Crippen LogP contribution in [0.1, 0.15) is 52.5 Å². The number of phenols is 1. The van der Waals surface area contributed by atoms with E-state index in [9.17, 15) is 15.0 Å². The first kappa shape index (κ1) is 28.0. The number of hydrogen-bond acceptors (Lipinski definition) is 7. The van der Waals surface area contributed by atoms with Crippen LogP contribution in [0, 0.1) is 11.8 Å². The van der Waals surface area contributed by atoms with Crippen LogP contribution < -0.4 is 14.8 Å². The summed E-state index contributed by atoms with van der Waals surface area (Å²) in [7, 11) is 4.77. The lowest BCUT2D eigenvalue weighted by molar-refractivity contribution is -0.112. The number of amides is 1. The van der Waals surface area contributed by atoms with Gasteiger partial charge in [-0.3, -0.25) is 4.79 Å². The normalized spacial score (nSPS) is 32.7. The van der Waals surface area contributed by atoms with E-state index in [1.165, 1.54) is 13.2 Å². The van der Waals surface area contributed by atoms with Gasteiger partial charge in [-0.15, -0.1) is 0 Å². The Bertz CT molecular complexity index is 1000. The minimum absolute atomic E-state index is 0.0582. The van der Waals surface area contributed by atoms with Gasteiger partial charge in [0.05, 0.1) is 25.0 Å². The molecule has 0 fully saturated rings. The number of aromatic hydroxyl groups is 1. The van der Waals surface area contributed by atoms with Gasteiger partial charge in [-0.1, -0.05) is 26.0 Å². The average Bonchev–Trinajstić information content (AvgIpc) is 2.83. The summed E-state index contributed by atoms with van der Waals surface area (Å²) in [4.78, 5) is 13.1. The summed E-state index contributed by atoms with van der Waals surface area (Å²) in [6.45, 7) is 7.78. The van der Waals surface area contributed by atoms with E-state index >= 15 is 0 Å². The van der Waals surface area contributed by atoms with Gasteiger partial charge in [0, 0.05) is 37.3 Å². The van der Waals surface area contributed by atoms with Crippen molar-refractivity contribution in [3.8, 4) is 17.2 Å². The lowest BCUT2D eigenvalue weighted by atomic mass is 9.86. The molecular weight excluding hydrogens is 462 g/mol. The molecule has 2 bridgehead atoms. The highest BCUT2D eigenvalue weighted by Crippen LogP contribution is 2.47. The Morgan fingerprint density at radius 3 is 2.44 bits per heavy atom. The molecule has 6 atom stereocenters. The third-order valence-electron chi connectivity index (χ3n) is 7.29. The fourth-order valence-electron chi connectivity index (χ4n) is 5.26. The van der Waals surface area contributed by atoms with Crippen LogP contribution in [-0.2, 0) is 20.7 Å². The molecule has 6 unspecified atom stereocenters. The third-order valence-corrected chi connectivity index (χ3v) is 7.29. The monoisotopic (exact) mass is 503 g/mol. The highest BCUT2D eigenvalue weighted by molar-refractivity contribution is 6.04. The Labute approximate surface area is 214 Å². The minimum Gasteiger partial charge on any atom is -0.504 e. The molecule has 0 aliphatic carbocycles. The van der Waals surface area contributed by atoms with E-state index < -0.39 is 18.3 Å². The topological polar surface area (TPSA) is 106 Å². The molecule has 0 saturated carbocycles. The first-order chi connectivity index (χ1) is 17.1. The zero-order chi connectivity index (χ0) is 26.6. The van der Waals surface area contributed by atoms with Crippen LogP contribution in [0.2, 0.25) is 0 Å². The molecular formula is C28H41NO7. The summed E-state index contributed by atoms with van der Waals surface area (Å²) in [5.41, 5.74) is 2.40. The van der Waals surface area contributed by atoms with Gasteiger partial charge in [0.1, 0.15) is 12.2 Å². The van der Waals surface area contributed by atoms with Gasteiger partial charge in [0.2, 0.25) is 0 Å². The first-order valence-corrected chi connectivity index (χ1v) is 12.6. The fourth-order valence-corrected chi connectivity index (χ4v) is 5.26. The maximum Gasteiger partial charge on any atom is 0.251 e. The Kier molecular flexibility index (Phi) is 9.44. The van der Waals surface area contributed by atoms with Gasteiger partial charge in [-0.25, -0.2) is 0 Å². The van der Waals surface area contributed by atoms with E-state index in [0.29, 0.717) is 47.6 Å². The van der Waals surface area contributed by atoms with Crippen molar-refractivity contribution in [2.75, 3.05) is 26.6 Å². The number of rotatable bonds is 3. The Hall–Kier alpha value is -2.55. The van der Waals surface area contributed by atoms with Crippen LogP contribution in [0.3, 0.4) is 0 Å². The van der Waals surface area contributed by atoms with Crippen LogP contribution in [0.4, 0.5) is 5.69 Å². The van der Waals surface area contributed by atoms with Gasteiger partial charge >= 0.3 is 0 Å². The summed E-state index contributed by atoms with van der Waals surface area (Å²) in [5, 5.41) is 24.7. The molecule has 1 aromatic carbocycles. The number of benzene rings is 1. The zero-order valence-electron chi connectivity index (χ0n) is 22.5. The van der Waals surface area contributed by atoms with Crippen molar-refractivity contribution in [1.29, 1.82) is 0 Å². The number of nitrogens with one attached hydrogen (secondary N) is 1. The van der Waals surface area contributed by atoms with Crippen LogP contribution in [0.25, 0.3) is 0 Å². The quantitative estimate of drug-likeness (QED) is 0.526. The smallest absolute Gasteiger partial charge is 0.251 e. The van der Waals surface area contributed by atoms with Crippen molar-refractivity contribution in [2.24, 2.45) is 11.8 Å². The molecule has 36 heavy (non-hydrogen) atoms. The number of hydrogen-bond donors (Lipinski definition) is 3. The van der Waals surface area contributed by atoms with Crippen LogP contribution >= 0.6 is 0 Å². The number of aliphatic hydroxyl groups is 1. The van der Waals surface area contributed by atoms with Gasteiger partial charge in [-0.05, 0) is 51.0 Å². The van der Waals surface area contributed by atoms with Crippen molar-refractivity contribution >= 4 is 11.6 Å². The Balaban J connectivity index is 2.23. The number of allylic oxidation sites excluding steroid dienone is 1. The highest BCUT2D eigenvalue weighted by Gasteiger charge is 2.36. The molecule has 8 heteroatoms. The summed E-state index contributed by atoms with van der Waals surface area (Å²) in [6.07, 6.45) is 4.40. The molecule has 0 radical (unpaired) electrons. The number of carbonyl (C=O) groups is 1. The standard InChI is InChI=1S/C28H41NO7/c1-15-11-19-26-20(14-21(30)27(19)35-7)29-28(32)16(2)9-8-10-22(33-5)24(31)17(3)13-18(4)25(36-26)23(12-15)34-6/h9,13-15,18,22-25,30-31H,8,10-12H2,1-7H3,(H,29,32)/b16-9+,17-13+. The zero-order valence-corrected chi connectivity index (χ0v) is 22.5. The summed E-state index contributed by atoms with van der Waals surface area (Å²) < 4.78 is 23.7. The molecule has 2 heterocycles. The molecule has 8 nitrogen and oxygen atoms in total. The van der Waals surface area contributed by atoms with Gasteiger partial charge < -0.3 is 34.5 Å². The number of phenolic OH excluding ortho intramolecular Hbond substituents is 1. The third kappa shape index (κ3) is 6.05. The maximum absolute atomic E-state index is 13.1. The number of fused-ring (bicyclic) bond motifs is 1. The highest BCUT2D eigenvalue weighted by atomic mass is 16.5. The summed E-state index contributed by atoms with van der Waals surface area (Å²) in [6, 6.07) is 1.47. The first-order valence-electron chi connectivity index (χ1n) is 12.6. The number of aliphatic hydroxyl groups excluding tert-OH is 1. The molecule has 1 aromatic rings. The molecule has 3 N–H and O–H groups in total. The molecule has 1 amide bonds. The fraction of sp³-hybridized carbons (Fsp3) is 0.607. The SMILES string of the molecule is COc1c(O)cc2c3c1CC(C)CC(OC)C(O3)C(C)/C=C(\C)C(O)C(OC)CC/C=C(\C)C(=O)N2. The molecule has 3 rings (SSSR count). The second-order valence-corrected chi connectivity index (χ2v) is 10.1. The lowest BCUT2D eigenvalue weighted by Crippen LogP contribution is -2.41. The van der Waals surface area contributed by atoms with E-state index in [4.69, 9.17) is 18.9 Å². The average molecular weight is 504 g/mol. The molecule has 0 aromatic heterocycles. The van der Waals surface area contributed by atoms with Crippen molar-refractivity contribution < 1.29 is 34.0 Å². The van der Waals surface area contributed by atoms with E-state index in [0.717, 1.165) is 12.0 Å². The number of ether oxygens (including phenoxy) is 4. The largest absolute Gasteiger partial charge is 0.504 e. The Morgan fingerprint density at radius 2 is 1.81 bits per heavy atom. The van der Waals surface area contributed by atoms with Crippen molar-refractivity contribution in [1.82, 2.24) is 0 Å². The summed E-state index contributed by atoms with van der Waals surface area (Å²) in [5.74, 6) is 0.487. The predicted molar refractivity (Wildman–Crippen MR) is 139 cm³/mol. The van der Waals surface area contributed by atoms with Gasteiger partial charge in [0.25, 0.3) is 5.91 Å². The van der Waals surface area contributed by atoms with E-state index in [-0.39, 0.29) is 29.6 Å².